The smallest absolute Gasteiger partial charge is 0.158 e. The van der Waals surface area contributed by atoms with Crippen LogP contribution < -0.4 is 9.80 Å². The zero-order valence-electron chi connectivity index (χ0n) is 20.0. The summed E-state index contributed by atoms with van der Waals surface area (Å²) in [5.41, 5.74) is 2.95. The van der Waals surface area contributed by atoms with E-state index in [2.05, 4.69) is 6.07 Å². The molecule has 0 atom stereocenters. The Hall–Kier alpha value is -5.68. The number of nitriles is 1. The van der Waals surface area contributed by atoms with Crippen LogP contribution in [0.2, 0.25) is 0 Å². The molecule has 8 nitrogen and oxygen atoms in total. The van der Waals surface area contributed by atoms with Crippen molar-refractivity contribution in [3.63, 3.8) is 0 Å². The number of aromatic nitrogens is 1. The lowest BCUT2D eigenvalue weighted by Gasteiger charge is -2.28. The molecule has 0 aliphatic carbocycles. The van der Waals surface area contributed by atoms with E-state index in [1.807, 2.05) is 4.90 Å². The van der Waals surface area contributed by atoms with Gasteiger partial charge in [0.05, 0.1) is 5.56 Å². The Labute approximate surface area is 218 Å². The van der Waals surface area contributed by atoms with E-state index in [0.717, 1.165) is 0 Å². The van der Waals surface area contributed by atoms with Crippen LogP contribution in [-0.2, 0) is 0 Å². The van der Waals surface area contributed by atoms with E-state index in [1.54, 1.807) is 89.8 Å². The zero-order valence-corrected chi connectivity index (χ0v) is 20.0. The van der Waals surface area contributed by atoms with Gasteiger partial charge in [0.15, 0.2) is 5.82 Å². The molecule has 4 aromatic carbocycles. The third kappa shape index (κ3) is 4.85. The number of rotatable bonds is 6. The molecule has 5 aromatic rings. The fraction of sp³-hybridized carbons (Fsp3) is 0. The fourth-order valence-electron chi connectivity index (χ4n) is 4.03. The Morgan fingerprint density at radius 3 is 1.16 bits per heavy atom. The van der Waals surface area contributed by atoms with Gasteiger partial charge in [-0.25, -0.2) is 4.98 Å². The average molecular weight is 503 g/mol. The quantitative estimate of drug-likeness (QED) is 0.202. The lowest BCUT2D eigenvalue weighted by atomic mass is 10.1. The van der Waals surface area contributed by atoms with Gasteiger partial charge in [-0.05, 0) is 109 Å². The van der Waals surface area contributed by atoms with Crippen LogP contribution in [0, 0.1) is 11.3 Å². The van der Waals surface area contributed by atoms with Crippen molar-refractivity contribution in [2.75, 3.05) is 9.80 Å². The molecule has 186 valence electrons. The molecule has 38 heavy (non-hydrogen) atoms. The predicted molar refractivity (Wildman–Crippen MR) is 145 cm³/mol. The van der Waals surface area contributed by atoms with Gasteiger partial charge in [0, 0.05) is 22.7 Å². The minimum absolute atomic E-state index is 0.0902. The number of hydrogen-bond acceptors (Lipinski definition) is 8. The molecule has 4 N–H and O–H groups in total. The number of hydrogen-bond donors (Lipinski definition) is 4. The molecule has 0 aliphatic rings. The Kier molecular flexibility index (Phi) is 6.41. The van der Waals surface area contributed by atoms with Crippen molar-refractivity contribution >= 4 is 34.4 Å². The van der Waals surface area contributed by atoms with Crippen LogP contribution in [-0.4, -0.2) is 25.4 Å². The van der Waals surface area contributed by atoms with E-state index in [4.69, 9.17) is 4.98 Å². The summed E-state index contributed by atoms with van der Waals surface area (Å²) in [6.07, 6.45) is 0. The molecular weight excluding hydrogens is 480 g/mol. The van der Waals surface area contributed by atoms with Gasteiger partial charge in [0.2, 0.25) is 0 Å². The van der Waals surface area contributed by atoms with Crippen LogP contribution in [0.25, 0.3) is 0 Å². The number of phenols is 4. The van der Waals surface area contributed by atoms with E-state index < -0.39 is 0 Å². The topological polar surface area (TPSA) is 124 Å². The third-order valence-electron chi connectivity index (χ3n) is 5.85. The maximum Gasteiger partial charge on any atom is 0.158 e. The Morgan fingerprint density at radius 2 is 0.816 bits per heavy atom. The minimum Gasteiger partial charge on any atom is -0.508 e. The number of pyridine rings is 1. The number of aromatic hydroxyl groups is 4. The SMILES string of the molecule is N#Cc1ccc(N(c2ccc(O)cc2)c2ccc(O)cc2)nc1N(c1ccc(O)cc1)c1ccc(O)cc1. The standard InChI is InChI=1S/C30H22N4O4/c31-19-20-1-18-29(33(21-2-10-25(35)11-3-21)22-4-12-26(36)13-5-22)32-30(20)34(23-6-14-27(37)15-7-23)24-8-16-28(38)17-9-24/h1-18,35-38H. The molecule has 8 heteroatoms. The Morgan fingerprint density at radius 1 is 0.474 bits per heavy atom. The van der Waals surface area contributed by atoms with Gasteiger partial charge in [0.25, 0.3) is 0 Å². The number of anilines is 6. The third-order valence-corrected chi connectivity index (χ3v) is 5.85. The van der Waals surface area contributed by atoms with Crippen LogP contribution in [0.15, 0.2) is 109 Å². The molecule has 0 radical (unpaired) electrons. The van der Waals surface area contributed by atoms with Gasteiger partial charge < -0.3 is 20.4 Å². The molecule has 1 aromatic heterocycles. The van der Waals surface area contributed by atoms with Crippen LogP contribution in [0.4, 0.5) is 34.4 Å². The van der Waals surface area contributed by atoms with Gasteiger partial charge in [-0.15, -0.1) is 0 Å². The second kappa shape index (κ2) is 10.1. The van der Waals surface area contributed by atoms with Crippen LogP contribution in [0.3, 0.4) is 0 Å². The maximum absolute atomic E-state index is 10.0. The van der Waals surface area contributed by atoms with E-state index in [-0.39, 0.29) is 23.0 Å². The first-order valence-corrected chi connectivity index (χ1v) is 11.6. The molecule has 0 fully saturated rings. The first-order chi connectivity index (χ1) is 18.4. The van der Waals surface area contributed by atoms with E-state index in [9.17, 15) is 25.7 Å². The molecule has 0 amide bonds. The van der Waals surface area contributed by atoms with Crippen LogP contribution >= 0.6 is 0 Å². The van der Waals surface area contributed by atoms with Crippen molar-refractivity contribution in [3.05, 3.63) is 115 Å². The summed E-state index contributed by atoms with van der Waals surface area (Å²) in [6, 6.07) is 31.8. The Balaban J connectivity index is 1.73. The van der Waals surface area contributed by atoms with Gasteiger partial charge >= 0.3 is 0 Å². The summed E-state index contributed by atoms with van der Waals surface area (Å²) in [5, 5.41) is 49.4. The summed E-state index contributed by atoms with van der Waals surface area (Å²) in [4.78, 5) is 8.50. The number of benzene rings is 4. The van der Waals surface area contributed by atoms with Gasteiger partial charge in [-0.3, -0.25) is 9.80 Å². The molecular formula is C30H22N4O4. The van der Waals surface area contributed by atoms with E-state index >= 15 is 0 Å². The molecule has 0 saturated heterocycles. The van der Waals surface area contributed by atoms with E-state index in [1.165, 1.54) is 24.3 Å². The minimum atomic E-state index is 0.0902. The van der Waals surface area contributed by atoms with Gasteiger partial charge in [-0.2, -0.15) is 5.26 Å². The lowest BCUT2D eigenvalue weighted by Crippen LogP contribution is -2.17. The highest BCUT2D eigenvalue weighted by Gasteiger charge is 2.22. The van der Waals surface area contributed by atoms with Gasteiger partial charge in [0.1, 0.15) is 34.9 Å². The highest BCUT2D eigenvalue weighted by Crippen LogP contribution is 2.40. The molecule has 0 aliphatic heterocycles. The van der Waals surface area contributed by atoms with Crippen molar-refractivity contribution in [3.8, 4) is 29.1 Å². The highest BCUT2D eigenvalue weighted by atomic mass is 16.3. The van der Waals surface area contributed by atoms with Crippen molar-refractivity contribution in [1.29, 1.82) is 5.26 Å². The van der Waals surface area contributed by atoms with Crippen molar-refractivity contribution in [1.82, 2.24) is 4.98 Å². The van der Waals surface area contributed by atoms with Crippen LogP contribution in [0.1, 0.15) is 5.56 Å². The summed E-state index contributed by atoms with van der Waals surface area (Å²) in [7, 11) is 0. The summed E-state index contributed by atoms with van der Waals surface area (Å²) in [5.74, 6) is 1.19. The lowest BCUT2D eigenvalue weighted by molar-refractivity contribution is 0.474. The second-order valence-corrected chi connectivity index (χ2v) is 8.39. The predicted octanol–water partition coefficient (Wildman–Crippen LogP) is 6.72. The number of nitrogens with zero attached hydrogens (tertiary/aromatic N) is 4. The summed E-state index contributed by atoms with van der Waals surface area (Å²) in [6.45, 7) is 0. The molecule has 0 saturated carbocycles. The molecule has 0 unspecified atom stereocenters. The monoisotopic (exact) mass is 502 g/mol. The molecule has 5 rings (SSSR count). The molecule has 0 spiro atoms. The zero-order chi connectivity index (χ0) is 26.6. The highest BCUT2D eigenvalue weighted by molar-refractivity contribution is 5.81. The summed E-state index contributed by atoms with van der Waals surface area (Å²) < 4.78 is 0. The second-order valence-electron chi connectivity index (χ2n) is 8.39. The maximum atomic E-state index is 10.0. The average Bonchev–Trinajstić information content (AvgIpc) is 2.93. The fourth-order valence-corrected chi connectivity index (χ4v) is 4.03. The number of phenolic OH excluding ortho intramolecular Hbond substituents is 4. The normalized spacial score (nSPS) is 10.5. The summed E-state index contributed by atoms with van der Waals surface area (Å²) >= 11 is 0. The largest absolute Gasteiger partial charge is 0.508 e. The molecule has 0 bridgehead atoms. The first kappa shape index (κ1) is 24.0. The van der Waals surface area contributed by atoms with Crippen LogP contribution in [0.5, 0.6) is 23.0 Å². The molecule has 1 heterocycles. The van der Waals surface area contributed by atoms with Gasteiger partial charge in [-0.1, -0.05) is 0 Å². The first-order valence-electron chi connectivity index (χ1n) is 11.6. The van der Waals surface area contributed by atoms with Crippen molar-refractivity contribution in [2.24, 2.45) is 0 Å². The van der Waals surface area contributed by atoms with E-state index in [0.29, 0.717) is 39.9 Å². The Bertz CT molecular complexity index is 1500. The van der Waals surface area contributed by atoms with Crippen molar-refractivity contribution in [2.45, 2.75) is 0 Å². The van der Waals surface area contributed by atoms with Crippen molar-refractivity contribution < 1.29 is 20.4 Å².